The third-order valence-corrected chi connectivity index (χ3v) is 2.39. The standard InChI is InChI=1S/C10H8ClN3O2/c1-6-7(3-2-4-8(6)11)5-9(10(15)16)13-14-12/h2-5,12H,1H3/p+1/b9-5-. The summed E-state index contributed by atoms with van der Waals surface area (Å²) in [5.41, 5.74) is 7.60. The highest BCUT2D eigenvalue weighted by Gasteiger charge is 2.12. The van der Waals surface area contributed by atoms with Crippen molar-refractivity contribution in [2.75, 3.05) is 0 Å². The summed E-state index contributed by atoms with van der Waals surface area (Å²) in [5.74, 6) is -1.24. The van der Waals surface area contributed by atoms with E-state index in [9.17, 15) is 4.79 Å². The van der Waals surface area contributed by atoms with Crippen molar-refractivity contribution in [3.05, 3.63) is 40.0 Å². The van der Waals surface area contributed by atoms with Crippen molar-refractivity contribution in [1.82, 2.24) is 4.91 Å². The van der Waals surface area contributed by atoms with Crippen molar-refractivity contribution >= 4 is 23.6 Å². The van der Waals surface area contributed by atoms with E-state index in [1.54, 1.807) is 25.1 Å². The van der Waals surface area contributed by atoms with Gasteiger partial charge in [-0.15, -0.1) is 0 Å². The number of hydrogen-bond donors (Lipinski definition) is 2. The molecule has 0 unspecified atom stereocenters. The molecule has 1 rings (SSSR count). The Kier molecular flexibility index (Phi) is 3.94. The molecule has 2 N–H and O–H groups in total. The molecular weight excluding hydrogens is 230 g/mol. The predicted molar refractivity (Wildman–Crippen MR) is 59.1 cm³/mol. The zero-order chi connectivity index (χ0) is 12.1. The molecule has 0 radical (unpaired) electrons. The number of benzene rings is 1. The monoisotopic (exact) mass is 238 g/mol. The van der Waals surface area contributed by atoms with Gasteiger partial charge < -0.3 is 5.11 Å². The van der Waals surface area contributed by atoms with Crippen LogP contribution in [0.4, 0.5) is 0 Å². The van der Waals surface area contributed by atoms with Crippen LogP contribution in [0.2, 0.25) is 5.02 Å². The molecule has 0 fully saturated rings. The van der Waals surface area contributed by atoms with Crippen molar-refractivity contribution < 1.29 is 9.90 Å². The summed E-state index contributed by atoms with van der Waals surface area (Å²) in [6.07, 6.45) is 1.32. The highest BCUT2D eigenvalue weighted by Crippen LogP contribution is 2.21. The average Bonchev–Trinajstić information content (AvgIpc) is 2.23. The van der Waals surface area contributed by atoms with E-state index in [0.29, 0.717) is 10.6 Å². The van der Waals surface area contributed by atoms with Gasteiger partial charge in [0.25, 0.3) is 0 Å². The Labute approximate surface area is 96.6 Å². The van der Waals surface area contributed by atoms with Crippen LogP contribution in [0.1, 0.15) is 11.1 Å². The van der Waals surface area contributed by atoms with Crippen LogP contribution in [-0.2, 0) is 4.79 Å². The molecule has 0 aliphatic rings. The molecule has 0 spiro atoms. The number of carboxylic acid groups (broad SMARTS) is 1. The molecule has 0 bridgehead atoms. The van der Waals surface area contributed by atoms with Gasteiger partial charge in [0.2, 0.25) is 10.6 Å². The molecule has 0 saturated heterocycles. The topological polar surface area (TPSA) is 87.6 Å². The van der Waals surface area contributed by atoms with E-state index in [2.05, 4.69) is 10.0 Å². The van der Waals surface area contributed by atoms with Crippen LogP contribution in [0.25, 0.3) is 6.08 Å². The van der Waals surface area contributed by atoms with Crippen molar-refractivity contribution in [2.45, 2.75) is 6.92 Å². The number of aliphatic carboxylic acids is 1. The van der Waals surface area contributed by atoms with Crippen LogP contribution in [0.15, 0.2) is 29.0 Å². The Morgan fingerprint density at radius 1 is 1.62 bits per heavy atom. The van der Waals surface area contributed by atoms with Gasteiger partial charge in [0.1, 0.15) is 5.53 Å². The average molecular weight is 239 g/mol. The molecule has 6 heteroatoms. The maximum Gasteiger partial charge on any atom is 0.362 e. The molecule has 82 valence electrons. The first kappa shape index (κ1) is 12.1. The minimum absolute atomic E-state index is 0.305. The second-order valence-electron chi connectivity index (χ2n) is 2.99. The minimum atomic E-state index is -1.24. The molecule has 5 nitrogen and oxygen atoms in total. The van der Waals surface area contributed by atoms with E-state index >= 15 is 0 Å². The minimum Gasteiger partial charge on any atom is -0.476 e. The molecule has 0 saturated carbocycles. The zero-order valence-electron chi connectivity index (χ0n) is 8.44. The number of hydrogen-bond acceptors (Lipinski definition) is 3. The summed E-state index contributed by atoms with van der Waals surface area (Å²) in [4.78, 5) is 13.5. The number of rotatable bonds is 3. The molecule has 0 heterocycles. The third kappa shape index (κ3) is 2.76. The first-order valence-electron chi connectivity index (χ1n) is 4.34. The summed E-state index contributed by atoms with van der Waals surface area (Å²) in [5, 5.41) is 12.5. The van der Waals surface area contributed by atoms with Gasteiger partial charge >= 0.3 is 5.97 Å². The molecule has 1 aromatic rings. The van der Waals surface area contributed by atoms with Gasteiger partial charge in [0.05, 0.1) is 0 Å². The number of nitrogens with zero attached hydrogens (tertiary/aromatic N) is 2. The largest absolute Gasteiger partial charge is 0.476 e. The summed E-state index contributed by atoms with van der Waals surface area (Å²) in [6.45, 7) is 1.77. The van der Waals surface area contributed by atoms with E-state index < -0.39 is 5.97 Å². The fourth-order valence-corrected chi connectivity index (χ4v) is 1.30. The van der Waals surface area contributed by atoms with E-state index in [-0.39, 0.29) is 5.70 Å². The maximum absolute atomic E-state index is 10.8. The molecular formula is C10H9ClN3O2+. The Morgan fingerprint density at radius 2 is 2.31 bits per heavy atom. The number of halogens is 1. The molecule has 0 aromatic heterocycles. The SMILES string of the molecule is Cc1c(Cl)cccc1/C=C(\N=[N+]=N)C(=O)O. The summed E-state index contributed by atoms with van der Waals surface area (Å²) in [6, 6.07) is 5.13. The lowest BCUT2D eigenvalue weighted by atomic mass is 10.1. The number of carboxylic acids is 1. The highest BCUT2D eigenvalue weighted by molar-refractivity contribution is 6.31. The summed E-state index contributed by atoms with van der Waals surface area (Å²) >= 11 is 5.89. The lowest BCUT2D eigenvalue weighted by Crippen LogP contribution is -1.98. The second kappa shape index (κ2) is 5.21. The maximum atomic E-state index is 10.8. The second-order valence-corrected chi connectivity index (χ2v) is 3.40. The molecule has 1 aromatic carbocycles. The van der Waals surface area contributed by atoms with Gasteiger partial charge in [-0.2, -0.15) is 0 Å². The normalized spacial score (nSPS) is 10.8. The fraction of sp³-hybridized carbons (Fsp3) is 0.100. The van der Waals surface area contributed by atoms with Crippen LogP contribution < -0.4 is 4.91 Å². The molecule has 0 amide bonds. The Bertz CT molecular complexity index is 501. The van der Waals surface area contributed by atoms with Gasteiger partial charge in [-0.05, 0) is 30.2 Å². The van der Waals surface area contributed by atoms with Crippen LogP contribution >= 0.6 is 11.6 Å². The number of nitrogens with one attached hydrogen (secondary N) is 1. The number of carbonyl (C=O) groups is 1. The Hall–Kier alpha value is -1.97. The first-order chi connectivity index (χ1) is 7.56. The lowest BCUT2D eigenvalue weighted by Gasteiger charge is -2.01. The van der Waals surface area contributed by atoms with Gasteiger partial charge in [-0.25, -0.2) is 4.79 Å². The third-order valence-electron chi connectivity index (χ3n) is 1.98. The van der Waals surface area contributed by atoms with Gasteiger partial charge in [-0.3, -0.25) is 0 Å². The molecule has 0 atom stereocenters. The van der Waals surface area contributed by atoms with Crippen LogP contribution in [-0.4, -0.2) is 11.1 Å². The quantitative estimate of drug-likeness (QED) is 0.482. The van der Waals surface area contributed by atoms with Crippen LogP contribution in [0.5, 0.6) is 0 Å². The van der Waals surface area contributed by atoms with Crippen LogP contribution in [0.3, 0.4) is 0 Å². The van der Waals surface area contributed by atoms with Crippen molar-refractivity contribution in [1.29, 1.82) is 5.53 Å². The zero-order valence-corrected chi connectivity index (χ0v) is 9.19. The van der Waals surface area contributed by atoms with Crippen molar-refractivity contribution in [2.24, 2.45) is 5.11 Å². The van der Waals surface area contributed by atoms with Gasteiger partial charge in [-0.1, -0.05) is 23.7 Å². The molecule has 16 heavy (non-hydrogen) atoms. The smallest absolute Gasteiger partial charge is 0.362 e. The Balaban J connectivity index is 3.28. The van der Waals surface area contributed by atoms with Gasteiger partial charge in [0, 0.05) is 5.02 Å². The first-order valence-corrected chi connectivity index (χ1v) is 4.71. The van der Waals surface area contributed by atoms with E-state index in [1.165, 1.54) is 6.08 Å². The summed E-state index contributed by atoms with van der Waals surface area (Å²) in [7, 11) is 0. The van der Waals surface area contributed by atoms with Crippen molar-refractivity contribution in [3.8, 4) is 0 Å². The van der Waals surface area contributed by atoms with Gasteiger partial charge in [0.15, 0.2) is 5.11 Å². The highest BCUT2D eigenvalue weighted by atomic mass is 35.5. The van der Waals surface area contributed by atoms with Crippen molar-refractivity contribution in [3.63, 3.8) is 0 Å². The summed E-state index contributed by atoms with van der Waals surface area (Å²) < 4.78 is 0. The van der Waals surface area contributed by atoms with E-state index in [1.807, 2.05) is 0 Å². The Morgan fingerprint density at radius 3 is 2.88 bits per heavy atom. The lowest BCUT2D eigenvalue weighted by molar-refractivity contribution is -0.132. The van der Waals surface area contributed by atoms with E-state index in [0.717, 1.165) is 5.56 Å². The van der Waals surface area contributed by atoms with Crippen LogP contribution in [0, 0.1) is 12.5 Å². The fourth-order valence-electron chi connectivity index (χ4n) is 1.12. The predicted octanol–water partition coefficient (Wildman–Crippen LogP) is 2.62. The van der Waals surface area contributed by atoms with E-state index in [4.69, 9.17) is 22.2 Å². The molecule has 0 aliphatic carbocycles. The molecule has 0 aliphatic heterocycles.